The van der Waals surface area contributed by atoms with Crippen molar-refractivity contribution in [3.8, 4) is 23.0 Å². The summed E-state index contributed by atoms with van der Waals surface area (Å²) in [5.41, 5.74) is -2.76. The van der Waals surface area contributed by atoms with Crippen molar-refractivity contribution in [1.82, 2.24) is 9.97 Å². The molecule has 224 valence electrons. The molecule has 0 fully saturated rings. The Morgan fingerprint density at radius 2 is 1.44 bits per heavy atom. The van der Waals surface area contributed by atoms with Crippen molar-refractivity contribution in [3.05, 3.63) is 82.2 Å². The third kappa shape index (κ3) is 6.48. The quantitative estimate of drug-likeness (QED) is 0.162. The molecule has 14 heteroatoms. The number of ether oxygens (including phenoxy) is 3. The molecule has 0 spiro atoms. The molecule has 0 N–H and O–H groups in total. The monoisotopic (exact) mass is 624 g/mol. The number of thiazole rings is 1. The summed E-state index contributed by atoms with van der Waals surface area (Å²) in [6.45, 7) is 0. The molecule has 0 atom stereocenters. The zero-order chi connectivity index (χ0) is 31.1. The molecule has 6 nitrogen and oxygen atoms in total. The second-order valence-corrected chi connectivity index (χ2v) is 10.4. The van der Waals surface area contributed by atoms with Crippen molar-refractivity contribution in [2.45, 2.75) is 25.2 Å². The van der Waals surface area contributed by atoms with Gasteiger partial charge in [0, 0.05) is 36.2 Å². The summed E-state index contributed by atoms with van der Waals surface area (Å²) in [7, 11) is 2.93. The Morgan fingerprint density at radius 3 is 2.07 bits per heavy atom. The van der Waals surface area contributed by atoms with E-state index in [9.17, 15) is 31.1 Å². The number of fused-ring (bicyclic) bond motifs is 2. The number of pyridine rings is 1. The summed E-state index contributed by atoms with van der Waals surface area (Å²) in [4.78, 5) is 21.1. The summed E-state index contributed by atoms with van der Waals surface area (Å²) >= 11 is 1.01. The third-order valence-corrected chi connectivity index (χ3v) is 7.33. The van der Waals surface area contributed by atoms with E-state index in [1.54, 1.807) is 12.1 Å². The molecular formula is C29H19F7N2O4S. The second-order valence-electron chi connectivity index (χ2n) is 9.30. The lowest BCUT2D eigenvalue weighted by atomic mass is 10.0. The van der Waals surface area contributed by atoms with Crippen LogP contribution in [0.1, 0.15) is 21.7 Å². The molecule has 0 saturated carbocycles. The van der Waals surface area contributed by atoms with E-state index < -0.39 is 47.1 Å². The van der Waals surface area contributed by atoms with Crippen molar-refractivity contribution in [2.24, 2.45) is 0 Å². The molecule has 5 aromatic rings. The fraction of sp³-hybridized carbons (Fsp3) is 0.207. The number of Topliss-reactive ketones (excluding diaryl/α,β-unsaturated/α-hetero) is 1. The normalized spacial score (nSPS) is 12.1. The van der Waals surface area contributed by atoms with E-state index in [-0.39, 0.29) is 34.5 Å². The predicted octanol–water partition coefficient (Wildman–Crippen LogP) is 8.19. The minimum absolute atomic E-state index is 0.00215. The predicted molar refractivity (Wildman–Crippen MR) is 143 cm³/mol. The van der Waals surface area contributed by atoms with Crippen LogP contribution in [0.5, 0.6) is 23.0 Å². The molecule has 0 bridgehead atoms. The number of carbonyl (C=O) groups excluding carboxylic acids is 1. The average molecular weight is 625 g/mol. The SMILES string of the molecule is COc1cc2nccc(Oc3cc4sc(CC(=O)Cc5cc(C(F)(F)F)cc(C(F)(F)F)c5)nc4cc3F)c2cc1OC. The molecule has 2 aromatic heterocycles. The number of benzene rings is 3. The van der Waals surface area contributed by atoms with E-state index in [4.69, 9.17) is 14.2 Å². The highest BCUT2D eigenvalue weighted by molar-refractivity contribution is 7.18. The van der Waals surface area contributed by atoms with Gasteiger partial charge in [-0.05, 0) is 35.9 Å². The van der Waals surface area contributed by atoms with Gasteiger partial charge < -0.3 is 14.2 Å². The average Bonchev–Trinajstić information content (AvgIpc) is 3.31. The number of ketones is 1. The third-order valence-electron chi connectivity index (χ3n) is 6.31. The van der Waals surface area contributed by atoms with Crippen molar-refractivity contribution in [1.29, 1.82) is 0 Å². The van der Waals surface area contributed by atoms with Gasteiger partial charge in [-0.3, -0.25) is 9.78 Å². The number of rotatable bonds is 8. The topological polar surface area (TPSA) is 70.5 Å². The van der Waals surface area contributed by atoms with Crippen LogP contribution >= 0.6 is 11.3 Å². The molecule has 0 saturated heterocycles. The highest BCUT2D eigenvalue weighted by atomic mass is 32.1. The molecular weight excluding hydrogens is 605 g/mol. The van der Waals surface area contributed by atoms with Gasteiger partial charge in [0.15, 0.2) is 23.1 Å². The van der Waals surface area contributed by atoms with Gasteiger partial charge in [-0.25, -0.2) is 9.37 Å². The van der Waals surface area contributed by atoms with Crippen molar-refractivity contribution in [2.75, 3.05) is 14.2 Å². The molecule has 43 heavy (non-hydrogen) atoms. The maximum absolute atomic E-state index is 15.0. The van der Waals surface area contributed by atoms with E-state index in [0.717, 1.165) is 17.4 Å². The number of hydrogen-bond donors (Lipinski definition) is 0. The van der Waals surface area contributed by atoms with Crippen molar-refractivity contribution >= 4 is 38.2 Å². The highest BCUT2D eigenvalue weighted by Gasteiger charge is 2.37. The summed E-state index contributed by atoms with van der Waals surface area (Å²) in [6.07, 6.45) is -9.66. The zero-order valence-corrected chi connectivity index (χ0v) is 23.0. The maximum Gasteiger partial charge on any atom is 0.416 e. The fourth-order valence-electron chi connectivity index (χ4n) is 4.37. The first kappa shape index (κ1) is 30.0. The lowest BCUT2D eigenvalue weighted by Crippen LogP contribution is -2.13. The van der Waals surface area contributed by atoms with Gasteiger partial charge in [0.1, 0.15) is 16.5 Å². The molecule has 2 heterocycles. The van der Waals surface area contributed by atoms with Crippen LogP contribution in [0.2, 0.25) is 0 Å². The minimum Gasteiger partial charge on any atom is -0.493 e. The summed E-state index contributed by atoms with van der Waals surface area (Å²) in [5.74, 6) is -0.475. The number of aromatic nitrogens is 2. The van der Waals surface area contributed by atoms with Crippen LogP contribution in [0, 0.1) is 5.82 Å². The van der Waals surface area contributed by atoms with Crippen LogP contribution in [-0.2, 0) is 30.0 Å². The Morgan fingerprint density at radius 1 is 0.791 bits per heavy atom. The fourth-order valence-corrected chi connectivity index (χ4v) is 5.37. The van der Waals surface area contributed by atoms with Crippen LogP contribution < -0.4 is 14.2 Å². The second kappa shape index (κ2) is 11.3. The zero-order valence-electron chi connectivity index (χ0n) is 22.2. The van der Waals surface area contributed by atoms with Gasteiger partial charge in [-0.2, -0.15) is 26.3 Å². The number of hydrogen-bond acceptors (Lipinski definition) is 7. The van der Waals surface area contributed by atoms with Gasteiger partial charge in [-0.1, -0.05) is 0 Å². The number of nitrogens with zero attached hydrogens (tertiary/aromatic N) is 2. The molecule has 0 amide bonds. The molecule has 0 aliphatic carbocycles. The van der Waals surface area contributed by atoms with Gasteiger partial charge in [0.25, 0.3) is 0 Å². The van der Waals surface area contributed by atoms with Crippen molar-refractivity contribution < 1.29 is 49.7 Å². The number of alkyl halides is 6. The lowest BCUT2D eigenvalue weighted by Gasteiger charge is -2.14. The Balaban J connectivity index is 1.39. The smallest absolute Gasteiger partial charge is 0.416 e. The van der Waals surface area contributed by atoms with E-state index in [1.165, 1.54) is 32.5 Å². The first-order chi connectivity index (χ1) is 20.2. The first-order valence-corrected chi connectivity index (χ1v) is 13.1. The van der Waals surface area contributed by atoms with Crippen molar-refractivity contribution in [3.63, 3.8) is 0 Å². The van der Waals surface area contributed by atoms with E-state index in [2.05, 4.69) is 9.97 Å². The van der Waals surface area contributed by atoms with Gasteiger partial charge >= 0.3 is 12.4 Å². The minimum atomic E-state index is -5.03. The molecule has 0 radical (unpaired) electrons. The molecule has 0 aliphatic rings. The molecule has 5 rings (SSSR count). The van der Waals surface area contributed by atoms with Crippen LogP contribution in [0.4, 0.5) is 30.7 Å². The van der Waals surface area contributed by atoms with Gasteiger partial charge in [0.05, 0.1) is 47.5 Å². The highest BCUT2D eigenvalue weighted by Crippen LogP contribution is 2.39. The van der Waals surface area contributed by atoms with E-state index in [1.807, 2.05) is 0 Å². The van der Waals surface area contributed by atoms with Crippen LogP contribution in [-0.4, -0.2) is 30.0 Å². The Labute approximate surface area is 242 Å². The molecule has 0 unspecified atom stereocenters. The molecule has 3 aromatic carbocycles. The van der Waals surface area contributed by atoms with Crippen LogP contribution in [0.25, 0.3) is 21.1 Å². The first-order valence-electron chi connectivity index (χ1n) is 12.3. The van der Waals surface area contributed by atoms with Crippen LogP contribution in [0.15, 0.2) is 54.7 Å². The Kier molecular flexibility index (Phi) is 7.90. The Bertz CT molecular complexity index is 1820. The largest absolute Gasteiger partial charge is 0.493 e. The van der Waals surface area contributed by atoms with E-state index >= 15 is 4.39 Å². The van der Waals surface area contributed by atoms with Gasteiger partial charge in [-0.15, -0.1) is 11.3 Å². The van der Waals surface area contributed by atoms with E-state index in [0.29, 0.717) is 39.2 Å². The lowest BCUT2D eigenvalue weighted by molar-refractivity contribution is -0.143. The summed E-state index contributed by atoms with van der Waals surface area (Å²) in [5, 5.41) is 0.712. The van der Waals surface area contributed by atoms with Gasteiger partial charge in [0.2, 0.25) is 0 Å². The number of methoxy groups -OCH3 is 2. The summed E-state index contributed by atoms with van der Waals surface area (Å²) in [6, 6.07) is 8.31. The van der Waals surface area contributed by atoms with Crippen LogP contribution in [0.3, 0.4) is 0 Å². The summed E-state index contributed by atoms with van der Waals surface area (Å²) < 4.78 is 111. The standard InChI is InChI=1S/C29H19F7N2O4S/c1-40-24-10-18-20(12-25(24)41-2)37-4-3-22(18)42-23-13-26-21(11-19(23)30)38-27(43-26)9-17(39)7-14-5-15(28(31,32)33)8-16(6-14)29(34,35)36/h3-6,8,10-13H,7,9H2,1-2H3. The Hall–Kier alpha value is -4.46. The number of carbonyl (C=O) groups is 1. The molecule has 0 aliphatic heterocycles. The number of halogens is 7. The maximum atomic E-state index is 15.0.